The standard InChI is InChI=1S/C15H12ClFN2O/c16-10-3-6-15(20)12(7-10)14-8-13(18-19-14)9-1-4-11(17)5-2-9/h1-7,14,19-20H,8H2/t14-/m0/s1. The first-order valence-corrected chi connectivity index (χ1v) is 6.58. The maximum absolute atomic E-state index is 12.9. The molecular formula is C15H12ClFN2O. The van der Waals surface area contributed by atoms with E-state index in [1.54, 1.807) is 30.3 Å². The molecule has 2 N–H and O–H groups in total. The number of phenolic OH excluding ortho intramolecular Hbond substituents is 1. The summed E-state index contributed by atoms with van der Waals surface area (Å²) in [6, 6.07) is 11.0. The zero-order valence-electron chi connectivity index (χ0n) is 10.5. The molecule has 0 aliphatic carbocycles. The van der Waals surface area contributed by atoms with E-state index in [1.165, 1.54) is 12.1 Å². The highest BCUT2D eigenvalue weighted by Crippen LogP contribution is 2.32. The summed E-state index contributed by atoms with van der Waals surface area (Å²) < 4.78 is 12.9. The Morgan fingerprint density at radius 3 is 2.70 bits per heavy atom. The van der Waals surface area contributed by atoms with Gasteiger partial charge in [0.15, 0.2) is 0 Å². The molecule has 1 heterocycles. The van der Waals surface area contributed by atoms with Gasteiger partial charge in [0.2, 0.25) is 0 Å². The number of benzene rings is 2. The van der Waals surface area contributed by atoms with Crippen molar-refractivity contribution in [2.75, 3.05) is 0 Å². The molecule has 1 aliphatic heterocycles. The van der Waals surface area contributed by atoms with Gasteiger partial charge in [-0.15, -0.1) is 0 Å². The number of nitrogens with one attached hydrogen (secondary N) is 1. The van der Waals surface area contributed by atoms with Gasteiger partial charge in [0.25, 0.3) is 0 Å². The zero-order chi connectivity index (χ0) is 14.1. The Bertz CT molecular complexity index is 670. The fraction of sp³-hybridized carbons (Fsp3) is 0.133. The highest BCUT2D eigenvalue weighted by molar-refractivity contribution is 6.30. The van der Waals surface area contributed by atoms with Crippen LogP contribution in [0.15, 0.2) is 47.6 Å². The summed E-state index contributed by atoms with van der Waals surface area (Å²) in [6.45, 7) is 0. The van der Waals surface area contributed by atoms with E-state index in [9.17, 15) is 9.50 Å². The van der Waals surface area contributed by atoms with Crippen molar-refractivity contribution in [2.45, 2.75) is 12.5 Å². The molecule has 0 radical (unpaired) electrons. The lowest BCUT2D eigenvalue weighted by Crippen LogP contribution is -2.10. The van der Waals surface area contributed by atoms with Gasteiger partial charge in [-0.25, -0.2) is 4.39 Å². The Morgan fingerprint density at radius 2 is 1.95 bits per heavy atom. The SMILES string of the molecule is Oc1ccc(Cl)cc1[C@@H]1CC(c2ccc(F)cc2)=NN1. The number of hydrogen-bond donors (Lipinski definition) is 2. The van der Waals surface area contributed by atoms with Crippen LogP contribution in [0.1, 0.15) is 23.6 Å². The van der Waals surface area contributed by atoms with Gasteiger partial charge in [0, 0.05) is 17.0 Å². The normalized spacial score (nSPS) is 17.7. The number of rotatable bonds is 2. The van der Waals surface area contributed by atoms with E-state index in [0.29, 0.717) is 17.0 Å². The van der Waals surface area contributed by atoms with Crippen LogP contribution in [0.25, 0.3) is 0 Å². The summed E-state index contributed by atoms with van der Waals surface area (Å²) >= 11 is 5.95. The van der Waals surface area contributed by atoms with Crippen LogP contribution in [-0.4, -0.2) is 10.8 Å². The smallest absolute Gasteiger partial charge is 0.123 e. The fourth-order valence-electron chi connectivity index (χ4n) is 2.25. The molecule has 0 saturated carbocycles. The molecule has 0 saturated heterocycles. The van der Waals surface area contributed by atoms with Crippen LogP contribution in [-0.2, 0) is 0 Å². The van der Waals surface area contributed by atoms with Gasteiger partial charge < -0.3 is 10.5 Å². The van der Waals surface area contributed by atoms with Crippen molar-refractivity contribution in [3.05, 3.63) is 64.4 Å². The Morgan fingerprint density at radius 1 is 1.20 bits per heavy atom. The Kier molecular flexibility index (Phi) is 3.32. The molecule has 0 fully saturated rings. The number of aromatic hydroxyl groups is 1. The lowest BCUT2D eigenvalue weighted by molar-refractivity contribution is 0.455. The van der Waals surface area contributed by atoms with Crippen LogP contribution in [0, 0.1) is 5.82 Å². The molecule has 3 rings (SSSR count). The predicted molar refractivity (Wildman–Crippen MR) is 76.5 cm³/mol. The van der Waals surface area contributed by atoms with E-state index >= 15 is 0 Å². The summed E-state index contributed by atoms with van der Waals surface area (Å²) in [6.07, 6.45) is 0.611. The van der Waals surface area contributed by atoms with Crippen molar-refractivity contribution in [1.29, 1.82) is 0 Å². The first kappa shape index (κ1) is 12.9. The number of phenols is 1. The number of hydrogen-bond acceptors (Lipinski definition) is 3. The van der Waals surface area contributed by atoms with Crippen molar-refractivity contribution in [3.8, 4) is 5.75 Å². The molecule has 0 amide bonds. The molecule has 2 aromatic carbocycles. The van der Waals surface area contributed by atoms with Gasteiger partial charge in [-0.05, 0) is 35.9 Å². The summed E-state index contributed by atoms with van der Waals surface area (Å²) in [5.41, 5.74) is 5.38. The van der Waals surface area contributed by atoms with Gasteiger partial charge in [0.1, 0.15) is 11.6 Å². The number of halogens is 2. The molecule has 0 unspecified atom stereocenters. The van der Waals surface area contributed by atoms with Crippen molar-refractivity contribution >= 4 is 17.3 Å². The van der Waals surface area contributed by atoms with Crippen molar-refractivity contribution in [3.63, 3.8) is 0 Å². The monoisotopic (exact) mass is 290 g/mol. The van der Waals surface area contributed by atoms with Gasteiger partial charge in [0.05, 0.1) is 11.8 Å². The molecule has 1 aliphatic rings. The third-order valence-corrected chi connectivity index (χ3v) is 3.53. The molecule has 0 spiro atoms. The largest absolute Gasteiger partial charge is 0.508 e. The van der Waals surface area contributed by atoms with Gasteiger partial charge in [-0.2, -0.15) is 5.10 Å². The average molecular weight is 291 g/mol. The van der Waals surface area contributed by atoms with Crippen LogP contribution in [0.5, 0.6) is 5.75 Å². The minimum Gasteiger partial charge on any atom is -0.508 e. The highest BCUT2D eigenvalue weighted by Gasteiger charge is 2.23. The molecule has 0 aromatic heterocycles. The maximum atomic E-state index is 12.9. The van der Waals surface area contributed by atoms with Gasteiger partial charge in [-0.3, -0.25) is 0 Å². The molecule has 20 heavy (non-hydrogen) atoms. The van der Waals surface area contributed by atoms with E-state index in [1.807, 2.05) is 0 Å². The van der Waals surface area contributed by atoms with Crippen LogP contribution < -0.4 is 5.43 Å². The maximum Gasteiger partial charge on any atom is 0.123 e. The Labute approximate surface area is 120 Å². The molecule has 2 aromatic rings. The fourth-order valence-corrected chi connectivity index (χ4v) is 2.43. The first-order valence-electron chi connectivity index (χ1n) is 6.20. The van der Waals surface area contributed by atoms with Crippen LogP contribution in [0.2, 0.25) is 5.02 Å². The third kappa shape index (κ3) is 2.47. The number of nitrogens with zero attached hydrogens (tertiary/aromatic N) is 1. The summed E-state index contributed by atoms with van der Waals surface area (Å²) in [5.74, 6) is -0.0909. The molecule has 0 bridgehead atoms. The molecule has 3 nitrogen and oxygen atoms in total. The second kappa shape index (κ2) is 5.13. The van der Waals surface area contributed by atoms with E-state index in [2.05, 4.69) is 10.5 Å². The van der Waals surface area contributed by atoms with Gasteiger partial charge >= 0.3 is 0 Å². The minimum absolute atomic E-state index is 0.131. The van der Waals surface area contributed by atoms with Gasteiger partial charge in [-0.1, -0.05) is 23.7 Å². The summed E-state index contributed by atoms with van der Waals surface area (Å²) in [7, 11) is 0. The Balaban J connectivity index is 1.82. The Hall–Kier alpha value is -2.07. The van der Waals surface area contributed by atoms with Crippen molar-refractivity contribution in [2.24, 2.45) is 5.10 Å². The van der Waals surface area contributed by atoms with E-state index in [4.69, 9.17) is 11.6 Å². The second-order valence-electron chi connectivity index (χ2n) is 4.65. The quantitative estimate of drug-likeness (QED) is 0.887. The first-order chi connectivity index (χ1) is 9.63. The molecule has 5 heteroatoms. The van der Waals surface area contributed by atoms with E-state index in [-0.39, 0.29) is 17.6 Å². The van der Waals surface area contributed by atoms with Crippen LogP contribution in [0.4, 0.5) is 4.39 Å². The van der Waals surface area contributed by atoms with E-state index < -0.39 is 0 Å². The third-order valence-electron chi connectivity index (χ3n) is 3.30. The summed E-state index contributed by atoms with van der Waals surface area (Å²) in [5, 5.41) is 14.7. The molecule has 102 valence electrons. The molecule has 1 atom stereocenters. The van der Waals surface area contributed by atoms with Crippen LogP contribution >= 0.6 is 11.6 Å². The predicted octanol–water partition coefficient (Wildman–Crippen LogP) is 3.62. The molecular weight excluding hydrogens is 279 g/mol. The number of hydrazone groups is 1. The van der Waals surface area contributed by atoms with E-state index in [0.717, 1.165) is 11.3 Å². The lowest BCUT2D eigenvalue weighted by atomic mass is 9.98. The zero-order valence-corrected chi connectivity index (χ0v) is 11.2. The second-order valence-corrected chi connectivity index (χ2v) is 5.09. The average Bonchev–Trinajstić information content (AvgIpc) is 2.92. The lowest BCUT2D eigenvalue weighted by Gasteiger charge is -2.12. The van der Waals surface area contributed by atoms with Crippen molar-refractivity contribution in [1.82, 2.24) is 5.43 Å². The summed E-state index contributed by atoms with van der Waals surface area (Å²) in [4.78, 5) is 0. The topological polar surface area (TPSA) is 44.6 Å². The minimum atomic E-state index is -0.274. The van der Waals surface area contributed by atoms with Crippen molar-refractivity contribution < 1.29 is 9.50 Å². The highest BCUT2D eigenvalue weighted by atomic mass is 35.5. The van der Waals surface area contributed by atoms with Crippen LogP contribution in [0.3, 0.4) is 0 Å².